The molecule has 0 aromatic heterocycles. The van der Waals surface area contributed by atoms with Crippen LogP contribution in [-0.4, -0.2) is 4.21 Å². The highest BCUT2D eigenvalue weighted by Crippen LogP contribution is 2.16. The average Bonchev–Trinajstić information content (AvgIpc) is 2.45. The Labute approximate surface area is 77.0 Å². The summed E-state index contributed by atoms with van der Waals surface area (Å²) < 4.78 is 10.9. The van der Waals surface area contributed by atoms with Gasteiger partial charge in [-0.15, -0.1) is 0 Å². The highest BCUT2D eigenvalue weighted by Gasteiger charge is 2.02. The summed E-state index contributed by atoms with van der Waals surface area (Å²) in [6.07, 6.45) is 8.22. The van der Waals surface area contributed by atoms with E-state index in [1.54, 1.807) is 5.41 Å². The molecular formula is C10H16OS. The second kappa shape index (κ2) is 5.31. The van der Waals surface area contributed by atoms with Gasteiger partial charge in [-0.2, -0.15) is 0 Å². The zero-order chi connectivity index (χ0) is 8.81. The summed E-state index contributed by atoms with van der Waals surface area (Å²) in [5, 5.41) is 3.61. The standard InChI is InChI=1S/C10H16OS/c1-2-3-4-5-6-10-7-8-12(11)9-10/h7-9H,2-6H2,1H3. The van der Waals surface area contributed by atoms with Crippen molar-refractivity contribution in [1.82, 2.24) is 0 Å². The Morgan fingerprint density at radius 2 is 2.17 bits per heavy atom. The van der Waals surface area contributed by atoms with Gasteiger partial charge in [-0.25, -0.2) is 0 Å². The van der Waals surface area contributed by atoms with Crippen LogP contribution < -0.4 is 0 Å². The van der Waals surface area contributed by atoms with Crippen molar-refractivity contribution in [3.63, 3.8) is 0 Å². The van der Waals surface area contributed by atoms with Crippen molar-refractivity contribution in [2.75, 3.05) is 0 Å². The molecule has 1 rings (SSSR count). The molecule has 0 fully saturated rings. The van der Waals surface area contributed by atoms with E-state index in [-0.39, 0.29) is 0 Å². The van der Waals surface area contributed by atoms with E-state index in [2.05, 4.69) is 6.92 Å². The van der Waals surface area contributed by atoms with Crippen molar-refractivity contribution >= 4 is 10.8 Å². The van der Waals surface area contributed by atoms with Crippen LogP contribution in [0.4, 0.5) is 0 Å². The first-order valence-corrected chi connectivity index (χ1v) is 5.89. The summed E-state index contributed by atoms with van der Waals surface area (Å²) in [4.78, 5) is 0. The lowest BCUT2D eigenvalue weighted by atomic mass is 10.1. The maximum atomic E-state index is 10.9. The lowest BCUT2D eigenvalue weighted by Crippen LogP contribution is -1.79. The third-order valence-corrected chi connectivity index (χ3v) is 2.94. The van der Waals surface area contributed by atoms with E-state index in [1.807, 2.05) is 11.5 Å². The first kappa shape index (κ1) is 9.72. The summed E-state index contributed by atoms with van der Waals surface area (Å²) in [6.45, 7) is 2.21. The van der Waals surface area contributed by atoms with Gasteiger partial charge in [0.2, 0.25) is 0 Å². The Bertz CT molecular complexity index is 216. The highest BCUT2D eigenvalue weighted by atomic mass is 32.2. The summed E-state index contributed by atoms with van der Waals surface area (Å²) in [6, 6.07) is 0. The summed E-state index contributed by atoms with van der Waals surface area (Å²) in [7, 11) is -0.803. The molecule has 1 unspecified atom stereocenters. The van der Waals surface area contributed by atoms with Gasteiger partial charge in [-0.1, -0.05) is 26.2 Å². The second-order valence-corrected chi connectivity index (χ2v) is 4.30. The first-order chi connectivity index (χ1) is 5.83. The molecule has 1 heterocycles. The third-order valence-electron chi connectivity index (χ3n) is 2.00. The quantitative estimate of drug-likeness (QED) is 0.600. The largest absolute Gasteiger partial charge is 0.250 e. The van der Waals surface area contributed by atoms with E-state index < -0.39 is 10.8 Å². The Balaban J connectivity index is 2.12. The van der Waals surface area contributed by atoms with Crippen LogP contribution in [0.1, 0.15) is 39.0 Å². The molecule has 0 aliphatic carbocycles. The fraction of sp³-hybridized carbons (Fsp3) is 0.600. The van der Waals surface area contributed by atoms with Crippen molar-refractivity contribution in [3.05, 3.63) is 22.5 Å². The molecule has 0 spiro atoms. The molecule has 0 amide bonds. The maximum Gasteiger partial charge on any atom is 0.0705 e. The van der Waals surface area contributed by atoms with Crippen LogP contribution in [0.25, 0.3) is 0 Å². The Morgan fingerprint density at radius 3 is 2.75 bits per heavy atom. The zero-order valence-corrected chi connectivity index (χ0v) is 8.40. The fourth-order valence-corrected chi connectivity index (χ4v) is 2.16. The average molecular weight is 184 g/mol. The minimum atomic E-state index is -0.803. The van der Waals surface area contributed by atoms with E-state index in [0.717, 1.165) is 6.42 Å². The van der Waals surface area contributed by atoms with E-state index in [9.17, 15) is 4.21 Å². The van der Waals surface area contributed by atoms with Gasteiger partial charge >= 0.3 is 0 Å². The van der Waals surface area contributed by atoms with Gasteiger partial charge in [0.25, 0.3) is 0 Å². The first-order valence-electron chi connectivity index (χ1n) is 4.61. The number of allylic oxidation sites excluding steroid dienone is 2. The number of hydrogen-bond donors (Lipinski definition) is 0. The third kappa shape index (κ3) is 3.35. The van der Waals surface area contributed by atoms with Gasteiger partial charge in [0.1, 0.15) is 0 Å². The molecule has 0 bridgehead atoms. The maximum absolute atomic E-state index is 10.9. The molecule has 1 nitrogen and oxygen atoms in total. The predicted octanol–water partition coefficient (Wildman–Crippen LogP) is 3.12. The predicted molar refractivity (Wildman–Crippen MR) is 54.1 cm³/mol. The number of hydrogen-bond acceptors (Lipinski definition) is 1. The lowest BCUT2D eigenvalue weighted by Gasteiger charge is -1.97. The van der Waals surface area contributed by atoms with Crippen molar-refractivity contribution in [2.24, 2.45) is 0 Å². The molecule has 1 aliphatic heterocycles. The normalized spacial score (nSPS) is 21.4. The smallest absolute Gasteiger partial charge is 0.0705 e. The molecule has 1 aliphatic rings. The second-order valence-electron chi connectivity index (χ2n) is 3.13. The Kier molecular flexibility index (Phi) is 4.30. The number of unbranched alkanes of at least 4 members (excludes halogenated alkanes) is 3. The van der Waals surface area contributed by atoms with Crippen LogP contribution in [0.15, 0.2) is 22.5 Å². The van der Waals surface area contributed by atoms with Crippen LogP contribution in [0.2, 0.25) is 0 Å². The lowest BCUT2D eigenvalue weighted by molar-refractivity contribution is 0.668. The van der Waals surface area contributed by atoms with Crippen molar-refractivity contribution in [3.8, 4) is 0 Å². The molecular weight excluding hydrogens is 168 g/mol. The van der Waals surface area contributed by atoms with E-state index in [4.69, 9.17) is 0 Å². The van der Waals surface area contributed by atoms with Gasteiger partial charge in [0, 0.05) is 10.8 Å². The van der Waals surface area contributed by atoms with E-state index in [1.165, 1.54) is 31.3 Å². The van der Waals surface area contributed by atoms with Crippen LogP contribution in [-0.2, 0) is 10.8 Å². The monoisotopic (exact) mass is 184 g/mol. The van der Waals surface area contributed by atoms with Crippen LogP contribution in [0.5, 0.6) is 0 Å². The summed E-state index contributed by atoms with van der Waals surface area (Å²) in [5.74, 6) is 0. The molecule has 1 atom stereocenters. The molecule has 0 N–H and O–H groups in total. The van der Waals surface area contributed by atoms with Gasteiger partial charge in [0.15, 0.2) is 0 Å². The van der Waals surface area contributed by atoms with Crippen molar-refractivity contribution in [2.45, 2.75) is 39.0 Å². The fourth-order valence-electron chi connectivity index (χ4n) is 1.28. The Hall–Kier alpha value is -0.370. The molecule has 12 heavy (non-hydrogen) atoms. The number of rotatable bonds is 5. The molecule has 0 aromatic carbocycles. The highest BCUT2D eigenvalue weighted by molar-refractivity contribution is 7.91. The summed E-state index contributed by atoms with van der Waals surface area (Å²) in [5.41, 5.74) is 1.25. The van der Waals surface area contributed by atoms with Crippen molar-refractivity contribution < 1.29 is 4.21 Å². The van der Waals surface area contributed by atoms with Gasteiger partial charge < -0.3 is 0 Å². The van der Waals surface area contributed by atoms with E-state index >= 15 is 0 Å². The van der Waals surface area contributed by atoms with Crippen LogP contribution in [0, 0.1) is 0 Å². The molecule has 68 valence electrons. The van der Waals surface area contributed by atoms with Gasteiger partial charge in [-0.05, 0) is 24.5 Å². The van der Waals surface area contributed by atoms with Crippen LogP contribution in [0.3, 0.4) is 0 Å². The van der Waals surface area contributed by atoms with Crippen LogP contribution >= 0.6 is 0 Å². The SMILES string of the molecule is CCCCCCC1=CS(=O)C=C1. The van der Waals surface area contributed by atoms with Gasteiger partial charge in [-0.3, -0.25) is 4.21 Å². The topological polar surface area (TPSA) is 17.1 Å². The minimum Gasteiger partial charge on any atom is -0.250 e. The molecule has 0 aromatic rings. The Morgan fingerprint density at radius 1 is 1.33 bits per heavy atom. The molecule has 0 radical (unpaired) electrons. The van der Waals surface area contributed by atoms with E-state index in [0.29, 0.717) is 0 Å². The molecule has 0 saturated carbocycles. The molecule has 0 saturated heterocycles. The minimum absolute atomic E-state index is 0.803. The molecule has 2 heteroatoms. The van der Waals surface area contributed by atoms with Crippen molar-refractivity contribution in [1.29, 1.82) is 0 Å². The zero-order valence-electron chi connectivity index (χ0n) is 7.58. The summed E-state index contributed by atoms with van der Waals surface area (Å²) >= 11 is 0. The van der Waals surface area contributed by atoms with Gasteiger partial charge in [0.05, 0.1) is 10.8 Å².